The maximum Gasteiger partial charge on any atom is 0.344 e. The van der Waals surface area contributed by atoms with Gasteiger partial charge in [-0.05, 0) is 37.3 Å². The predicted molar refractivity (Wildman–Crippen MR) is 92.5 cm³/mol. The van der Waals surface area contributed by atoms with Gasteiger partial charge in [0.05, 0.1) is 19.4 Å². The van der Waals surface area contributed by atoms with Crippen molar-refractivity contribution in [2.75, 3.05) is 13.7 Å². The molecule has 128 valence electrons. The first-order chi connectivity index (χ1) is 12.1. The van der Waals surface area contributed by atoms with Crippen LogP contribution in [0.1, 0.15) is 17.3 Å². The Labute approximate surface area is 143 Å². The lowest BCUT2D eigenvalue weighted by Gasteiger charge is -2.13. The maximum absolute atomic E-state index is 13.6. The van der Waals surface area contributed by atoms with Crippen molar-refractivity contribution in [1.29, 1.82) is 0 Å². The van der Waals surface area contributed by atoms with Crippen molar-refractivity contribution in [3.05, 3.63) is 64.1 Å². The maximum atomic E-state index is 13.6. The lowest BCUT2D eigenvalue weighted by Crippen LogP contribution is -2.20. The van der Waals surface area contributed by atoms with Gasteiger partial charge in [-0.3, -0.25) is 4.79 Å². The van der Waals surface area contributed by atoms with E-state index in [9.17, 15) is 14.0 Å². The highest BCUT2D eigenvalue weighted by atomic mass is 19.1. The standard InChI is InChI=1S/C19H16FNO4/c1-3-25-19(23)16-17(12-6-4-5-7-15(12)24-2)21-14-9-8-11(20)10-13(14)18(16)22/h4-10H,3H2,1-2H3,(H,21,22). The number of aromatic amines is 1. The Morgan fingerprint density at radius 1 is 1.20 bits per heavy atom. The highest BCUT2D eigenvalue weighted by molar-refractivity contribution is 6.00. The molecule has 2 aromatic carbocycles. The SMILES string of the molecule is CCOC(=O)c1c(-c2ccccc2OC)[nH]c2ccc(F)cc2c1=O. The Hall–Kier alpha value is -3.15. The number of H-pyrrole nitrogens is 1. The molecule has 5 nitrogen and oxygen atoms in total. The van der Waals surface area contributed by atoms with Gasteiger partial charge in [-0.2, -0.15) is 0 Å². The fourth-order valence-corrected chi connectivity index (χ4v) is 2.71. The molecule has 0 saturated carbocycles. The predicted octanol–water partition coefficient (Wildman–Crippen LogP) is 3.52. The Kier molecular flexibility index (Phi) is 4.52. The van der Waals surface area contributed by atoms with E-state index in [1.807, 2.05) is 0 Å². The molecule has 0 fully saturated rings. The van der Waals surface area contributed by atoms with E-state index in [0.717, 1.165) is 6.07 Å². The van der Waals surface area contributed by atoms with Crippen LogP contribution in [0.3, 0.4) is 0 Å². The van der Waals surface area contributed by atoms with E-state index in [0.29, 0.717) is 16.8 Å². The summed E-state index contributed by atoms with van der Waals surface area (Å²) in [5.41, 5.74) is 0.466. The minimum absolute atomic E-state index is 0.0849. The molecule has 0 unspecified atom stereocenters. The van der Waals surface area contributed by atoms with Crippen molar-refractivity contribution in [2.45, 2.75) is 6.92 Å². The van der Waals surface area contributed by atoms with Crippen molar-refractivity contribution in [2.24, 2.45) is 0 Å². The summed E-state index contributed by atoms with van der Waals surface area (Å²) < 4.78 is 23.9. The van der Waals surface area contributed by atoms with E-state index in [4.69, 9.17) is 9.47 Å². The molecule has 0 saturated heterocycles. The van der Waals surface area contributed by atoms with Gasteiger partial charge < -0.3 is 14.5 Å². The third-order valence-electron chi connectivity index (χ3n) is 3.82. The Balaban J connectivity index is 2.40. The summed E-state index contributed by atoms with van der Waals surface area (Å²) in [5.74, 6) is -0.834. The van der Waals surface area contributed by atoms with Gasteiger partial charge in [-0.1, -0.05) is 12.1 Å². The largest absolute Gasteiger partial charge is 0.496 e. The van der Waals surface area contributed by atoms with Crippen LogP contribution < -0.4 is 10.2 Å². The number of hydrogen-bond donors (Lipinski definition) is 1. The Morgan fingerprint density at radius 2 is 1.96 bits per heavy atom. The lowest BCUT2D eigenvalue weighted by atomic mass is 10.0. The molecule has 0 spiro atoms. The van der Waals surface area contributed by atoms with Crippen LogP contribution in [0, 0.1) is 5.82 Å². The van der Waals surface area contributed by atoms with Gasteiger partial charge in [0.15, 0.2) is 0 Å². The van der Waals surface area contributed by atoms with Gasteiger partial charge in [-0.25, -0.2) is 9.18 Å². The number of hydrogen-bond acceptors (Lipinski definition) is 4. The second-order valence-electron chi connectivity index (χ2n) is 5.31. The highest BCUT2D eigenvalue weighted by Crippen LogP contribution is 2.31. The number of nitrogens with one attached hydrogen (secondary N) is 1. The number of rotatable bonds is 4. The number of para-hydroxylation sites is 1. The molecule has 1 heterocycles. The van der Waals surface area contributed by atoms with Gasteiger partial charge in [-0.15, -0.1) is 0 Å². The van der Waals surface area contributed by atoms with Gasteiger partial charge in [0.25, 0.3) is 0 Å². The molecule has 0 bridgehead atoms. The third-order valence-corrected chi connectivity index (χ3v) is 3.82. The van der Waals surface area contributed by atoms with Crippen LogP contribution in [0.2, 0.25) is 0 Å². The van der Waals surface area contributed by atoms with Gasteiger partial charge in [0, 0.05) is 16.5 Å². The number of esters is 1. The van der Waals surface area contributed by atoms with Crippen molar-refractivity contribution in [1.82, 2.24) is 4.98 Å². The zero-order chi connectivity index (χ0) is 18.0. The summed E-state index contributed by atoms with van der Waals surface area (Å²) in [5, 5.41) is 0.0849. The molecule has 1 N–H and O–H groups in total. The Morgan fingerprint density at radius 3 is 2.68 bits per heavy atom. The number of benzene rings is 2. The second-order valence-corrected chi connectivity index (χ2v) is 5.31. The van der Waals surface area contributed by atoms with Crippen molar-refractivity contribution < 1.29 is 18.7 Å². The van der Waals surface area contributed by atoms with Crippen molar-refractivity contribution >= 4 is 16.9 Å². The average molecular weight is 341 g/mol. The molecule has 0 aliphatic carbocycles. The summed E-state index contributed by atoms with van der Waals surface area (Å²) in [7, 11) is 1.50. The quantitative estimate of drug-likeness (QED) is 0.737. The third kappa shape index (κ3) is 2.98. The summed E-state index contributed by atoms with van der Waals surface area (Å²) in [6.07, 6.45) is 0. The lowest BCUT2D eigenvalue weighted by molar-refractivity contribution is 0.0525. The first-order valence-electron chi connectivity index (χ1n) is 7.72. The number of halogens is 1. The molecule has 0 aliphatic rings. The first-order valence-corrected chi connectivity index (χ1v) is 7.72. The number of carbonyl (C=O) groups is 1. The van der Waals surface area contributed by atoms with E-state index < -0.39 is 17.2 Å². The minimum atomic E-state index is -0.768. The molecule has 25 heavy (non-hydrogen) atoms. The smallest absolute Gasteiger partial charge is 0.344 e. The van der Waals surface area contributed by atoms with E-state index in [1.54, 1.807) is 31.2 Å². The number of ether oxygens (including phenoxy) is 2. The Bertz CT molecular complexity index is 1010. The summed E-state index contributed by atoms with van der Waals surface area (Å²) >= 11 is 0. The number of methoxy groups -OCH3 is 1. The fourth-order valence-electron chi connectivity index (χ4n) is 2.71. The van der Waals surface area contributed by atoms with E-state index >= 15 is 0 Å². The minimum Gasteiger partial charge on any atom is -0.496 e. The average Bonchev–Trinajstić information content (AvgIpc) is 2.62. The normalized spacial score (nSPS) is 10.7. The topological polar surface area (TPSA) is 68.4 Å². The van der Waals surface area contributed by atoms with Gasteiger partial charge >= 0.3 is 5.97 Å². The van der Waals surface area contributed by atoms with Crippen LogP contribution in [0.5, 0.6) is 5.75 Å². The van der Waals surface area contributed by atoms with Crippen molar-refractivity contribution in [3.63, 3.8) is 0 Å². The van der Waals surface area contributed by atoms with Crippen LogP contribution in [0.4, 0.5) is 4.39 Å². The number of fused-ring (bicyclic) bond motifs is 1. The molecule has 0 radical (unpaired) electrons. The van der Waals surface area contributed by atoms with Gasteiger partial charge in [0.1, 0.15) is 17.1 Å². The summed E-state index contributed by atoms with van der Waals surface area (Å²) in [6, 6.07) is 10.8. The van der Waals surface area contributed by atoms with Crippen LogP contribution in [-0.4, -0.2) is 24.7 Å². The van der Waals surface area contributed by atoms with Crippen LogP contribution in [0.25, 0.3) is 22.2 Å². The number of aromatic nitrogens is 1. The van der Waals surface area contributed by atoms with Crippen LogP contribution in [0.15, 0.2) is 47.3 Å². The fraction of sp³-hybridized carbons (Fsp3) is 0.158. The zero-order valence-corrected chi connectivity index (χ0v) is 13.8. The van der Waals surface area contributed by atoms with E-state index in [2.05, 4.69) is 4.98 Å². The van der Waals surface area contributed by atoms with E-state index in [1.165, 1.54) is 19.2 Å². The summed E-state index contributed by atoms with van der Waals surface area (Å²) in [6.45, 7) is 1.76. The van der Waals surface area contributed by atoms with Crippen LogP contribution >= 0.6 is 0 Å². The van der Waals surface area contributed by atoms with Gasteiger partial charge in [0.2, 0.25) is 5.43 Å². The monoisotopic (exact) mass is 341 g/mol. The molecule has 0 atom stereocenters. The first kappa shape index (κ1) is 16.7. The number of pyridine rings is 1. The molecule has 0 amide bonds. The summed E-state index contributed by atoms with van der Waals surface area (Å²) in [4.78, 5) is 28.3. The molecule has 0 aliphatic heterocycles. The van der Waals surface area contributed by atoms with Crippen molar-refractivity contribution in [3.8, 4) is 17.0 Å². The van der Waals surface area contributed by atoms with Crippen LogP contribution in [-0.2, 0) is 4.74 Å². The molecule has 3 aromatic rings. The molecule has 6 heteroatoms. The molecular formula is C19H16FNO4. The highest BCUT2D eigenvalue weighted by Gasteiger charge is 2.23. The number of carbonyl (C=O) groups excluding carboxylic acids is 1. The molecule has 1 aromatic heterocycles. The second kappa shape index (κ2) is 6.76. The van der Waals surface area contributed by atoms with E-state index in [-0.39, 0.29) is 23.3 Å². The molecule has 3 rings (SSSR count). The zero-order valence-electron chi connectivity index (χ0n) is 13.8. The molecular weight excluding hydrogens is 325 g/mol.